The number of aryl methyl sites for hydroxylation is 1. The van der Waals surface area contributed by atoms with E-state index >= 15 is 0 Å². The number of furan rings is 1. The van der Waals surface area contributed by atoms with Crippen LogP contribution in [0.1, 0.15) is 0 Å². The fraction of sp³-hybridized carbons (Fsp3) is 0.333. The topological polar surface area (TPSA) is 125 Å². The Balaban J connectivity index is 1.22. The van der Waals surface area contributed by atoms with Gasteiger partial charge in [-0.25, -0.2) is 9.78 Å². The smallest absolute Gasteiger partial charge is 0.330 e. The van der Waals surface area contributed by atoms with Crippen LogP contribution < -0.4 is 21.1 Å². The van der Waals surface area contributed by atoms with Gasteiger partial charge in [0, 0.05) is 52.0 Å². The van der Waals surface area contributed by atoms with Crippen LogP contribution in [0.5, 0.6) is 5.75 Å². The van der Waals surface area contributed by atoms with Crippen LogP contribution in [-0.2, 0) is 13.6 Å². The van der Waals surface area contributed by atoms with Gasteiger partial charge in [-0.05, 0) is 36.4 Å². The standard InChI is InChI=1S/C24H27N9O3/c1-29-19-21(27-23(25)33-22(19)26-20(28-33)18-4-3-15-36-18)32(24(29)34)14-11-30-9-12-31(13-10-30)16-5-7-17(35-2)8-6-16/h3-8,15H,9-14H2,1-2H3,(H2,25,27). The molecule has 0 radical (unpaired) electrons. The van der Waals surface area contributed by atoms with E-state index in [9.17, 15) is 4.79 Å². The molecule has 1 aliphatic heterocycles. The van der Waals surface area contributed by atoms with E-state index in [1.165, 1.54) is 10.2 Å². The van der Waals surface area contributed by atoms with Crippen LogP contribution in [0.4, 0.5) is 11.6 Å². The van der Waals surface area contributed by atoms with Gasteiger partial charge in [0.15, 0.2) is 17.1 Å². The molecule has 2 N–H and O–H groups in total. The van der Waals surface area contributed by atoms with E-state index in [0.717, 1.165) is 38.5 Å². The molecule has 5 heterocycles. The average molecular weight is 490 g/mol. The highest BCUT2D eigenvalue weighted by atomic mass is 16.5. The quantitative estimate of drug-likeness (QED) is 0.377. The summed E-state index contributed by atoms with van der Waals surface area (Å²) in [6, 6.07) is 11.7. The number of hydrogen-bond donors (Lipinski definition) is 1. The summed E-state index contributed by atoms with van der Waals surface area (Å²) in [5.74, 6) is 1.92. The van der Waals surface area contributed by atoms with Crippen molar-refractivity contribution >= 4 is 28.4 Å². The number of hydrogen-bond acceptors (Lipinski definition) is 9. The molecule has 1 saturated heterocycles. The van der Waals surface area contributed by atoms with Gasteiger partial charge in [-0.1, -0.05) is 0 Å². The summed E-state index contributed by atoms with van der Waals surface area (Å²) in [6.45, 7) is 4.87. The Hall–Kier alpha value is -4.32. The van der Waals surface area contributed by atoms with Gasteiger partial charge < -0.3 is 19.8 Å². The maximum atomic E-state index is 13.2. The number of benzene rings is 1. The van der Waals surface area contributed by atoms with Crippen molar-refractivity contribution in [2.24, 2.45) is 7.05 Å². The third-order valence-corrected chi connectivity index (χ3v) is 6.77. The normalized spacial score (nSPS) is 14.8. The lowest BCUT2D eigenvalue weighted by Gasteiger charge is -2.36. The van der Waals surface area contributed by atoms with Crippen molar-refractivity contribution in [3.8, 4) is 17.3 Å². The van der Waals surface area contributed by atoms with Crippen molar-refractivity contribution in [1.82, 2.24) is 33.6 Å². The molecular formula is C24H27N9O3. The van der Waals surface area contributed by atoms with Crippen molar-refractivity contribution in [2.75, 3.05) is 50.5 Å². The second-order valence-electron chi connectivity index (χ2n) is 8.81. The number of nitrogens with zero attached hydrogens (tertiary/aromatic N) is 8. The third kappa shape index (κ3) is 3.66. The summed E-state index contributed by atoms with van der Waals surface area (Å²) >= 11 is 0. The van der Waals surface area contributed by atoms with Crippen LogP contribution in [0.2, 0.25) is 0 Å². The minimum atomic E-state index is -0.163. The van der Waals surface area contributed by atoms with E-state index in [4.69, 9.17) is 14.9 Å². The van der Waals surface area contributed by atoms with Crippen molar-refractivity contribution in [3.05, 3.63) is 53.1 Å². The van der Waals surface area contributed by atoms with E-state index in [0.29, 0.717) is 34.9 Å². The number of methoxy groups -OCH3 is 1. The summed E-state index contributed by atoms with van der Waals surface area (Å²) in [5, 5.41) is 4.43. The molecule has 1 fully saturated rings. The number of anilines is 2. The van der Waals surface area contributed by atoms with Crippen molar-refractivity contribution in [1.29, 1.82) is 0 Å². The van der Waals surface area contributed by atoms with Gasteiger partial charge in [0.25, 0.3) is 0 Å². The van der Waals surface area contributed by atoms with Gasteiger partial charge in [0.2, 0.25) is 11.8 Å². The monoisotopic (exact) mass is 489 g/mol. The zero-order chi connectivity index (χ0) is 24.8. The van der Waals surface area contributed by atoms with Crippen molar-refractivity contribution in [3.63, 3.8) is 0 Å². The first kappa shape index (κ1) is 22.2. The molecule has 1 aromatic carbocycles. The first-order chi connectivity index (χ1) is 17.5. The highest BCUT2D eigenvalue weighted by Crippen LogP contribution is 2.23. The molecule has 0 bridgehead atoms. The maximum Gasteiger partial charge on any atom is 0.330 e. The predicted octanol–water partition coefficient (Wildman–Crippen LogP) is 1.45. The summed E-state index contributed by atoms with van der Waals surface area (Å²) in [5.41, 5.74) is 8.80. The van der Waals surface area contributed by atoms with Gasteiger partial charge in [-0.15, -0.1) is 5.10 Å². The molecule has 0 atom stereocenters. The second kappa shape index (κ2) is 8.72. The zero-order valence-corrected chi connectivity index (χ0v) is 20.2. The molecule has 36 heavy (non-hydrogen) atoms. The SMILES string of the molecule is COc1ccc(N2CCN(CCn3c(=O)n(C)c4c3nc(N)n3nc(-c5ccco5)nc43)CC2)cc1. The molecule has 12 heteroatoms. The first-order valence-corrected chi connectivity index (χ1v) is 11.8. The Morgan fingerprint density at radius 3 is 2.50 bits per heavy atom. The third-order valence-electron chi connectivity index (χ3n) is 6.77. The summed E-state index contributed by atoms with van der Waals surface area (Å²) < 4.78 is 15.4. The van der Waals surface area contributed by atoms with E-state index in [1.807, 2.05) is 12.1 Å². The first-order valence-electron chi connectivity index (χ1n) is 11.8. The highest BCUT2D eigenvalue weighted by Gasteiger charge is 2.23. The van der Waals surface area contributed by atoms with Crippen LogP contribution in [0.15, 0.2) is 51.9 Å². The van der Waals surface area contributed by atoms with Gasteiger partial charge in [0.1, 0.15) is 11.3 Å². The Labute approximate surface area is 206 Å². The van der Waals surface area contributed by atoms with Gasteiger partial charge in [-0.2, -0.15) is 9.50 Å². The second-order valence-corrected chi connectivity index (χ2v) is 8.81. The highest BCUT2D eigenvalue weighted by molar-refractivity contribution is 5.88. The molecular weight excluding hydrogens is 462 g/mol. The van der Waals surface area contributed by atoms with E-state index in [1.54, 1.807) is 41.7 Å². The van der Waals surface area contributed by atoms with Crippen LogP contribution in [0.3, 0.4) is 0 Å². The number of fused-ring (bicyclic) bond motifs is 3. The van der Waals surface area contributed by atoms with Crippen molar-refractivity contribution < 1.29 is 9.15 Å². The molecule has 0 spiro atoms. The molecule has 0 saturated carbocycles. The minimum Gasteiger partial charge on any atom is -0.497 e. The average Bonchev–Trinajstić information content (AvgIpc) is 3.64. The molecule has 5 aromatic rings. The molecule has 0 aliphatic carbocycles. The fourth-order valence-corrected chi connectivity index (χ4v) is 4.77. The number of nitrogens with two attached hydrogens (primary N) is 1. The predicted molar refractivity (Wildman–Crippen MR) is 135 cm³/mol. The molecule has 12 nitrogen and oxygen atoms in total. The van der Waals surface area contributed by atoms with E-state index in [-0.39, 0.29) is 11.6 Å². The Morgan fingerprint density at radius 2 is 1.81 bits per heavy atom. The van der Waals surface area contributed by atoms with Crippen LogP contribution in [-0.4, -0.2) is 73.4 Å². The molecule has 4 aromatic heterocycles. The number of imidazole rings is 1. The fourth-order valence-electron chi connectivity index (χ4n) is 4.77. The van der Waals surface area contributed by atoms with Gasteiger partial charge in [-0.3, -0.25) is 14.0 Å². The van der Waals surface area contributed by atoms with Gasteiger partial charge >= 0.3 is 5.69 Å². The van der Waals surface area contributed by atoms with Gasteiger partial charge in [0.05, 0.1) is 13.4 Å². The lowest BCUT2D eigenvalue weighted by molar-refractivity contribution is 0.248. The molecule has 0 unspecified atom stereocenters. The number of aromatic nitrogens is 6. The molecule has 1 aliphatic rings. The Bertz CT molecular complexity index is 1570. The number of nitrogen functional groups attached to an aromatic ring is 1. The van der Waals surface area contributed by atoms with Crippen LogP contribution in [0.25, 0.3) is 28.4 Å². The Kier molecular flexibility index (Phi) is 5.37. The molecule has 186 valence electrons. The number of ether oxygens (including phenoxy) is 1. The maximum absolute atomic E-state index is 13.2. The van der Waals surface area contributed by atoms with E-state index in [2.05, 4.69) is 37.0 Å². The number of piperazine rings is 1. The van der Waals surface area contributed by atoms with Crippen LogP contribution >= 0.6 is 0 Å². The largest absolute Gasteiger partial charge is 0.497 e. The lowest BCUT2D eigenvalue weighted by Crippen LogP contribution is -2.47. The number of rotatable bonds is 6. The summed E-state index contributed by atoms with van der Waals surface area (Å²) in [4.78, 5) is 27.0. The van der Waals surface area contributed by atoms with Crippen molar-refractivity contribution in [2.45, 2.75) is 6.54 Å². The lowest BCUT2D eigenvalue weighted by atomic mass is 10.2. The zero-order valence-electron chi connectivity index (χ0n) is 20.2. The summed E-state index contributed by atoms with van der Waals surface area (Å²) in [6.07, 6.45) is 1.56. The molecule has 6 rings (SSSR count). The van der Waals surface area contributed by atoms with Crippen LogP contribution in [0, 0.1) is 0 Å². The van der Waals surface area contributed by atoms with E-state index < -0.39 is 0 Å². The molecule has 0 amide bonds. The summed E-state index contributed by atoms with van der Waals surface area (Å²) in [7, 11) is 3.39. The Morgan fingerprint density at radius 1 is 1.03 bits per heavy atom. The minimum absolute atomic E-state index is 0.162.